The van der Waals surface area contributed by atoms with Crippen molar-refractivity contribution < 1.29 is 9.18 Å². The Morgan fingerprint density at radius 2 is 1.88 bits per heavy atom. The number of rotatable bonds is 3. The Morgan fingerprint density at radius 1 is 1.04 bits per heavy atom. The lowest BCUT2D eigenvalue weighted by Crippen LogP contribution is -2.12. The molecule has 0 saturated heterocycles. The maximum Gasteiger partial charge on any atom is 0.255 e. The van der Waals surface area contributed by atoms with Crippen LogP contribution < -0.4 is 5.32 Å². The van der Waals surface area contributed by atoms with E-state index >= 15 is 0 Å². The number of nitrogens with one attached hydrogen (secondary N) is 1. The van der Waals surface area contributed by atoms with E-state index in [1.807, 2.05) is 0 Å². The fourth-order valence-corrected chi connectivity index (χ4v) is 2.62. The number of hydrogen-bond acceptors (Lipinski definition) is 2. The average molecular weight is 361 g/mol. The van der Waals surface area contributed by atoms with Crippen molar-refractivity contribution in [3.05, 3.63) is 82.2 Å². The zero-order valence-electron chi connectivity index (χ0n) is 12.3. The molecule has 0 aliphatic heterocycles. The van der Waals surface area contributed by atoms with Crippen LogP contribution in [0.25, 0.3) is 11.3 Å². The molecule has 2 aromatic carbocycles. The van der Waals surface area contributed by atoms with Crippen molar-refractivity contribution in [2.45, 2.75) is 0 Å². The molecule has 120 valence electrons. The van der Waals surface area contributed by atoms with Crippen molar-refractivity contribution in [2.24, 2.45) is 0 Å². The summed E-state index contributed by atoms with van der Waals surface area (Å²) in [6.07, 6.45) is 1.53. The summed E-state index contributed by atoms with van der Waals surface area (Å²) in [6.45, 7) is 0. The fourth-order valence-electron chi connectivity index (χ4n) is 2.20. The van der Waals surface area contributed by atoms with Crippen LogP contribution in [0.5, 0.6) is 0 Å². The van der Waals surface area contributed by atoms with E-state index in [9.17, 15) is 9.18 Å². The van der Waals surface area contributed by atoms with Crippen LogP contribution in [0.1, 0.15) is 10.4 Å². The molecule has 0 radical (unpaired) electrons. The van der Waals surface area contributed by atoms with Crippen molar-refractivity contribution in [1.82, 2.24) is 4.98 Å². The largest absolute Gasteiger partial charge is 0.322 e. The van der Waals surface area contributed by atoms with Crippen LogP contribution in [0, 0.1) is 5.82 Å². The van der Waals surface area contributed by atoms with Gasteiger partial charge in [0, 0.05) is 28.0 Å². The molecule has 1 aromatic heterocycles. The number of carbonyl (C=O) groups is 1. The van der Waals surface area contributed by atoms with Gasteiger partial charge in [-0.3, -0.25) is 9.78 Å². The quantitative estimate of drug-likeness (QED) is 0.674. The van der Waals surface area contributed by atoms with Gasteiger partial charge in [-0.1, -0.05) is 29.3 Å². The second kappa shape index (κ2) is 6.99. The van der Waals surface area contributed by atoms with Gasteiger partial charge in [0.25, 0.3) is 5.91 Å². The monoisotopic (exact) mass is 360 g/mol. The second-order valence-electron chi connectivity index (χ2n) is 4.99. The Bertz CT molecular complexity index is 915. The minimum Gasteiger partial charge on any atom is -0.322 e. The Kier molecular flexibility index (Phi) is 4.79. The predicted octanol–water partition coefficient (Wildman–Crippen LogP) is 5.45. The first kappa shape index (κ1) is 16.4. The number of nitrogens with zero attached hydrogens (tertiary/aromatic N) is 1. The molecule has 1 heterocycles. The third kappa shape index (κ3) is 3.55. The molecule has 0 aliphatic rings. The second-order valence-corrected chi connectivity index (χ2v) is 5.84. The first-order valence-electron chi connectivity index (χ1n) is 7.02. The van der Waals surface area contributed by atoms with Crippen LogP contribution in [0.4, 0.5) is 10.1 Å². The van der Waals surface area contributed by atoms with Crippen molar-refractivity contribution in [3.63, 3.8) is 0 Å². The third-order valence-corrected chi connectivity index (χ3v) is 3.87. The molecule has 3 rings (SSSR count). The van der Waals surface area contributed by atoms with Crippen molar-refractivity contribution in [1.29, 1.82) is 0 Å². The Morgan fingerprint density at radius 3 is 2.58 bits per heavy atom. The lowest BCUT2D eigenvalue weighted by molar-refractivity contribution is 0.102. The number of anilines is 1. The number of aromatic nitrogens is 1. The molecular weight excluding hydrogens is 350 g/mol. The highest BCUT2D eigenvalue weighted by Gasteiger charge is 2.14. The number of benzene rings is 2. The van der Waals surface area contributed by atoms with Crippen LogP contribution in [-0.4, -0.2) is 10.9 Å². The topological polar surface area (TPSA) is 42.0 Å². The number of pyridine rings is 1. The van der Waals surface area contributed by atoms with E-state index < -0.39 is 11.7 Å². The highest BCUT2D eigenvalue weighted by molar-refractivity contribution is 6.33. The number of amides is 1. The van der Waals surface area contributed by atoms with Gasteiger partial charge in [0.15, 0.2) is 0 Å². The molecule has 0 spiro atoms. The Balaban J connectivity index is 1.87. The lowest BCUT2D eigenvalue weighted by Gasteiger charge is -2.08. The summed E-state index contributed by atoms with van der Waals surface area (Å²) in [6, 6.07) is 14.2. The van der Waals surface area contributed by atoms with Gasteiger partial charge in [0.2, 0.25) is 0 Å². The molecule has 0 aliphatic carbocycles. The summed E-state index contributed by atoms with van der Waals surface area (Å²) in [5.41, 5.74) is 1.28. The molecular formula is C18H11Cl2FN2O. The first-order valence-corrected chi connectivity index (χ1v) is 7.77. The molecule has 24 heavy (non-hydrogen) atoms. The lowest BCUT2D eigenvalue weighted by atomic mass is 10.1. The van der Waals surface area contributed by atoms with Gasteiger partial charge < -0.3 is 5.32 Å². The number of hydrogen-bond donors (Lipinski definition) is 1. The minimum absolute atomic E-state index is 0.184. The zero-order valence-corrected chi connectivity index (χ0v) is 13.8. The first-order chi connectivity index (χ1) is 11.5. The third-order valence-electron chi connectivity index (χ3n) is 3.33. The van der Waals surface area contributed by atoms with Gasteiger partial charge in [-0.2, -0.15) is 0 Å². The normalized spacial score (nSPS) is 10.5. The SMILES string of the molecule is O=C(Nc1cccc(Cl)c1)c1ccc(-c2ncccc2Cl)c(F)c1. The van der Waals surface area contributed by atoms with Crippen LogP contribution in [0.3, 0.4) is 0 Å². The summed E-state index contributed by atoms with van der Waals surface area (Å²) in [4.78, 5) is 16.3. The van der Waals surface area contributed by atoms with Gasteiger partial charge in [-0.15, -0.1) is 0 Å². The predicted molar refractivity (Wildman–Crippen MR) is 94.0 cm³/mol. The van der Waals surface area contributed by atoms with E-state index in [4.69, 9.17) is 23.2 Å². The Labute approximate surface area is 148 Å². The highest BCUT2D eigenvalue weighted by Crippen LogP contribution is 2.28. The van der Waals surface area contributed by atoms with Crippen LogP contribution in [-0.2, 0) is 0 Å². The minimum atomic E-state index is -0.575. The molecule has 0 unspecified atom stereocenters. The highest BCUT2D eigenvalue weighted by atomic mass is 35.5. The fraction of sp³-hybridized carbons (Fsp3) is 0. The zero-order chi connectivity index (χ0) is 17.1. The van der Waals surface area contributed by atoms with Crippen molar-refractivity contribution in [2.75, 3.05) is 5.32 Å². The van der Waals surface area contributed by atoms with E-state index in [1.54, 1.807) is 36.4 Å². The standard InChI is InChI=1S/C18H11Cl2FN2O/c19-12-3-1-4-13(10-12)23-18(24)11-6-7-14(16(21)9-11)17-15(20)5-2-8-22-17/h1-10H,(H,23,24). The summed E-state index contributed by atoms with van der Waals surface area (Å²) in [5, 5.41) is 3.50. The van der Waals surface area contributed by atoms with E-state index in [0.717, 1.165) is 6.07 Å². The van der Waals surface area contributed by atoms with E-state index in [2.05, 4.69) is 10.3 Å². The van der Waals surface area contributed by atoms with Crippen molar-refractivity contribution in [3.8, 4) is 11.3 Å². The molecule has 0 atom stereocenters. The molecule has 1 N–H and O–H groups in total. The van der Waals surface area contributed by atoms with Gasteiger partial charge in [0.05, 0.1) is 10.7 Å². The van der Waals surface area contributed by atoms with Gasteiger partial charge in [-0.25, -0.2) is 4.39 Å². The summed E-state index contributed by atoms with van der Waals surface area (Å²) in [5.74, 6) is -1.01. The molecule has 1 amide bonds. The maximum atomic E-state index is 14.4. The summed E-state index contributed by atoms with van der Waals surface area (Å²) in [7, 11) is 0. The summed E-state index contributed by atoms with van der Waals surface area (Å²) >= 11 is 11.9. The molecule has 0 saturated carbocycles. The van der Waals surface area contributed by atoms with Gasteiger partial charge >= 0.3 is 0 Å². The molecule has 6 heteroatoms. The van der Waals surface area contributed by atoms with Crippen LogP contribution >= 0.6 is 23.2 Å². The molecule has 0 fully saturated rings. The van der Waals surface area contributed by atoms with Crippen molar-refractivity contribution >= 4 is 34.8 Å². The van der Waals surface area contributed by atoms with Gasteiger partial charge in [0.1, 0.15) is 5.82 Å². The van der Waals surface area contributed by atoms with Crippen LogP contribution in [0.2, 0.25) is 10.0 Å². The van der Waals surface area contributed by atoms with Gasteiger partial charge in [-0.05, 0) is 48.5 Å². The molecule has 3 nitrogen and oxygen atoms in total. The number of carbonyl (C=O) groups excluding carboxylic acids is 1. The van der Waals surface area contributed by atoms with Crippen LogP contribution in [0.15, 0.2) is 60.8 Å². The average Bonchev–Trinajstić information content (AvgIpc) is 2.55. The van der Waals surface area contributed by atoms with E-state index in [-0.39, 0.29) is 11.1 Å². The molecule has 3 aromatic rings. The summed E-state index contributed by atoms with van der Waals surface area (Å²) < 4.78 is 14.4. The maximum absolute atomic E-state index is 14.4. The number of halogens is 3. The molecule has 0 bridgehead atoms. The smallest absolute Gasteiger partial charge is 0.255 e. The van der Waals surface area contributed by atoms with E-state index in [0.29, 0.717) is 21.4 Å². The van der Waals surface area contributed by atoms with E-state index in [1.165, 1.54) is 18.3 Å². The Hall–Kier alpha value is -2.43.